The zero-order valence-corrected chi connectivity index (χ0v) is 14.9. The number of nitrogens with zero attached hydrogens (tertiary/aromatic N) is 4. The number of hydrogen-bond acceptors (Lipinski definition) is 6. The van der Waals surface area contributed by atoms with Crippen LogP contribution in [0.15, 0.2) is 53.3 Å². The van der Waals surface area contributed by atoms with Gasteiger partial charge < -0.3 is 9.84 Å². The molecule has 0 radical (unpaired) electrons. The topological polar surface area (TPSA) is 76.7 Å². The second-order valence-electron chi connectivity index (χ2n) is 6.25. The number of nitrogens with one attached hydrogen (secondary N) is 1. The van der Waals surface area contributed by atoms with Crippen LogP contribution in [0.25, 0.3) is 22.3 Å². The van der Waals surface area contributed by atoms with Crippen LogP contribution in [-0.4, -0.2) is 20.1 Å². The van der Waals surface area contributed by atoms with Gasteiger partial charge in [-0.15, -0.1) is 0 Å². The van der Waals surface area contributed by atoms with E-state index in [-0.39, 0.29) is 6.04 Å². The van der Waals surface area contributed by atoms with Gasteiger partial charge in [0.2, 0.25) is 0 Å². The predicted octanol–water partition coefficient (Wildman–Crippen LogP) is 4.47. The van der Waals surface area contributed by atoms with E-state index in [0.717, 1.165) is 39.3 Å². The summed E-state index contributed by atoms with van der Waals surface area (Å²) in [4.78, 5) is 13.5. The third-order valence-corrected chi connectivity index (χ3v) is 4.42. The van der Waals surface area contributed by atoms with Crippen LogP contribution in [0.1, 0.15) is 30.0 Å². The maximum atomic E-state index is 5.30. The Labute approximate surface area is 151 Å². The second kappa shape index (κ2) is 6.55. The van der Waals surface area contributed by atoms with Crippen LogP contribution < -0.4 is 5.32 Å². The number of aromatic nitrogens is 4. The molecular weight excluding hydrogens is 326 g/mol. The van der Waals surface area contributed by atoms with E-state index in [9.17, 15) is 0 Å². The molecule has 0 aliphatic heterocycles. The van der Waals surface area contributed by atoms with E-state index in [0.29, 0.717) is 5.82 Å². The fourth-order valence-electron chi connectivity index (χ4n) is 3.20. The molecule has 1 unspecified atom stereocenters. The van der Waals surface area contributed by atoms with Gasteiger partial charge in [0.25, 0.3) is 0 Å². The molecule has 0 saturated heterocycles. The monoisotopic (exact) mass is 345 g/mol. The Morgan fingerprint density at radius 3 is 2.50 bits per heavy atom. The summed E-state index contributed by atoms with van der Waals surface area (Å²) in [6.45, 7) is 5.95. The van der Waals surface area contributed by atoms with Crippen LogP contribution in [0.5, 0.6) is 0 Å². The molecule has 1 N–H and O–H groups in total. The van der Waals surface area contributed by atoms with E-state index in [4.69, 9.17) is 14.5 Å². The molecule has 0 aliphatic carbocycles. The lowest BCUT2D eigenvalue weighted by Crippen LogP contribution is -2.11. The van der Waals surface area contributed by atoms with E-state index in [1.54, 1.807) is 12.4 Å². The van der Waals surface area contributed by atoms with Crippen molar-refractivity contribution in [3.63, 3.8) is 0 Å². The lowest BCUT2D eigenvalue weighted by atomic mass is 10.1. The Kier molecular flexibility index (Phi) is 4.08. The summed E-state index contributed by atoms with van der Waals surface area (Å²) in [5.74, 6) is 2.27. The maximum absolute atomic E-state index is 5.30. The zero-order valence-electron chi connectivity index (χ0n) is 14.9. The SMILES string of the molecule is Cc1noc(C)c1C(C)Nc1nc(-c2ccncc2)nc2ccccc12. The van der Waals surface area contributed by atoms with E-state index in [1.807, 2.05) is 50.2 Å². The number of hydrogen-bond donors (Lipinski definition) is 1. The Hall–Kier alpha value is -3.28. The first kappa shape index (κ1) is 16.2. The lowest BCUT2D eigenvalue weighted by Gasteiger charge is -2.17. The molecule has 0 fully saturated rings. The number of benzene rings is 1. The Bertz CT molecular complexity index is 1040. The summed E-state index contributed by atoms with van der Waals surface area (Å²) in [7, 11) is 0. The standard InChI is InChI=1S/C20H19N5O/c1-12(18-13(2)25-26-14(18)3)22-20-16-6-4-5-7-17(16)23-19(24-20)15-8-10-21-11-9-15/h4-12H,1-3H3,(H,22,23,24). The van der Waals surface area contributed by atoms with Crippen LogP contribution in [-0.2, 0) is 0 Å². The van der Waals surface area contributed by atoms with Crippen LogP contribution in [0, 0.1) is 13.8 Å². The largest absolute Gasteiger partial charge is 0.363 e. The summed E-state index contributed by atoms with van der Waals surface area (Å²) in [6, 6.07) is 11.8. The molecule has 3 aromatic heterocycles. The first-order chi connectivity index (χ1) is 12.6. The van der Waals surface area contributed by atoms with E-state index < -0.39 is 0 Å². The molecule has 0 spiro atoms. The molecule has 1 aromatic carbocycles. The average Bonchev–Trinajstić information content (AvgIpc) is 3.00. The highest BCUT2D eigenvalue weighted by Gasteiger charge is 2.18. The van der Waals surface area contributed by atoms with Crippen LogP contribution >= 0.6 is 0 Å². The number of para-hydroxylation sites is 1. The number of rotatable bonds is 4. The second-order valence-corrected chi connectivity index (χ2v) is 6.25. The molecule has 1 atom stereocenters. The third-order valence-electron chi connectivity index (χ3n) is 4.42. The Morgan fingerprint density at radius 1 is 1.00 bits per heavy atom. The first-order valence-corrected chi connectivity index (χ1v) is 8.50. The van der Waals surface area contributed by atoms with Crippen molar-refractivity contribution in [2.24, 2.45) is 0 Å². The van der Waals surface area contributed by atoms with Gasteiger partial charge in [-0.3, -0.25) is 4.98 Å². The molecule has 6 heteroatoms. The van der Waals surface area contributed by atoms with E-state index in [2.05, 4.69) is 22.4 Å². The highest BCUT2D eigenvalue weighted by molar-refractivity contribution is 5.90. The molecule has 0 aliphatic rings. The highest BCUT2D eigenvalue weighted by atomic mass is 16.5. The van der Waals surface area contributed by atoms with Gasteiger partial charge in [-0.2, -0.15) is 0 Å². The quantitative estimate of drug-likeness (QED) is 0.588. The average molecular weight is 345 g/mol. The Balaban J connectivity index is 1.81. The van der Waals surface area contributed by atoms with Gasteiger partial charge in [0.15, 0.2) is 5.82 Å². The van der Waals surface area contributed by atoms with Gasteiger partial charge in [0.05, 0.1) is 17.3 Å². The van der Waals surface area contributed by atoms with Crippen molar-refractivity contribution in [1.29, 1.82) is 0 Å². The van der Waals surface area contributed by atoms with Crippen LogP contribution in [0.2, 0.25) is 0 Å². The summed E-state index contributed by atoms with van der Waals surface area (Å²) >= 11 is 0. The lowest BCUT2D eigenvalue weighted by molar-refractivity contribution is 0.392. The summed E-state index contributed by atoms with van der Waals surface area (Å²) in [6.07, 6.45) is 3.49. The third kappa shape index (κ3) is 2.90. The van der Waals surface area contributed by atoms with E-state index in [1.165, 1.54) is 0 Å². The molecule has 130 valence electrons. The molecule has 0 amide bonds. The predicted molar refractivity (Wildman–Crippen MR) is 101 cm³/mol. The normalized spacial score (nSPS) is 12.3. The van der Waals surface area contributed by atoms with E-state index >= 15 is 0 Å². The van der Waals surface area contributed by atoms with Crippen LogP contribution in [0.4, 0.5) is 5.82 Å². The van der Waals surface area contributed by atoms with Gasteiger partial charge in [0, 0.05) is 28.9 Å². The molecule has 3 heterocycles. The molecule has 0 bridgehead atoms. The van der Waals surface area contributed by atoms with Crippen molar-refractivity contribution in [1.82, 2.24) is 20.1 Å². The fraction of sp³-hybridized carbons (Fsp3) is 0.200. The van der Waals surface area contributed by atoms with Crippen LogP contribution in [0.3, 0.4) is 0 Å². The summed E-state index contributed by atoms with van der Waals surface area (Å²) < 4.78 is 5.30. The maximum Gasteiger partial charge on any atom is 0.162 e. The first-order valence-electron chi connectivity index (χ1n) is 8.50. The van der Waals surface area contributed by atoms with Crippen molar-refractivity contribution in [3.05, 3.63) is 65.8 Å². The van der Waals surface area contributed by atoms with Gasteiger partial charge in [0.1, 0.15) is 11.6 Å². The molecule has 4 rings (SSSR count). The van der Waals surface area contributed by atoms with Crippen molar-refractivity contribution >= 4 is 16.7 Å². The van der Waals surface area contributed by atoms with Crippen molar-refractivity contribution in [2.45, 2.75) is 26.8 Å². The molecule has 4 aromatic rings. The van der Waals surface area contributed by atoms with Gasteiger partial charge >= 0.3 is 0 Å². The minimum absolute atomic E-state index is 0.00449. The fourth-order valence-corrected chi connectivity index (χ4v) is 3.20. The minimum Gasteiger partial charge on any atom is -0.363 e. The van der Waals surface area contributed by atoms with Gasteiger partial charge in [-0.05, 0) is 45.0 Å². The Morgan fingerprint density at radius 2 is 1.77 bits per heavy atom. The molecule has 6 nitrogen and oxygen atoms in total. The summed E-state index contributed by atoms with van der Waals surface area (Å²) in [5.41, 5.74) is 3.76. The summed E-state index contributed by atoms with van der Waals surface area (Å²) in [5, 5.41) is 8.54. The molecule has 26 heavy (non-hydrogen) atoms. The smallest absolute Gasteiger partial charge is 0.162 e. The number of fused-ring (bicyclic) bond motifs is 1. The van der Waals surface area contributed by atoms with Gasteiger partial charge in [-0.25, -0.2) is 9.97 Å². The number of aryl methyl sites for hydroxylation is 2. The number of pyridine rings is 1. The van der Waals surface area contributed by atoms with Crippen molar-refractivity contribution < 1.29 is 4.52 Å². The zero-order chi connectivity index (χ0) is 18.1. The van der Waals surface area contributed by atoms with Crippen molar-refractivity contribution in [3.8, 4) is 11.4 Å². The number of anilines is 1. The highest BCUT2D eigenvalue weighted by Crippen LogP contribution is 2.29. The minimum atomic E-state index is 0.00449. The molecular formula is C20H19N5O. The molecule has 0 saturated carbocycles. The van der Waals surface area contributed by atoms with Gasteiger partial charge in [-0.1, -0.05) is 17.3 Å². The van der Waals surface area contributed by atoms with Crippen molar-refractivity contribution in [2.75, 3.05) is 5.32 Å².